The number of pyridine rings is 1. The van der Waals surface area contributed by atoms with Crippen molar-refractivity contribution in [1.29, 1.82) is 0 Å². The van der Waals surface area contributed by atoms with Gasteiger partial charge in [0.2, 0.25) is 5.95 Å². The normalized spacial score (nSPS) is 16.5. The van der Waals surface area contributed by atoms with E-state index in [-0.39, 0.29) is 0 Å². The molecule has 3 heterocycles. The zero-order valence-electron chi connectivity index (χ0n) is 22.9. The van der Waals surface area contributed by atoms with E-state index in [1.54, 1.807) is 6.20 Å². The summed E-state index contributed by atoms with van der Waals surface area (Å²) < 4.78 is 46.1. The van der Waals surface area contributed by atoms with Crippen LogP contribution in [0.15, 0.2) is 66.9 Å². The van der Waals surface area contributed by atoms with Gasteiger partial charge >= 0.3 is 12.1 Å². The van der Waals surface area contributed by atoms with Gasteiger partial charge in [-0.3, -0.25) is 14.3 Å². The maximum atomic E-state index is 13.5. The van der Waals surface area contributed by atoms with Crippen molar-refractivity contribution in [1.82, 2.24) is 19.4 Å². The molecular formula is C31H32F3N5O2. The van der Waals surface area contributed by atoms with E-state index >= 15 is 0 Å². The van der Waals surface area contributed by atoms with Gasteiger partial charge in [-0.15, -0.1) is 0 Å². The summed E-state index contributed by atoms with van der Waals surface area (Å²) in [5.41, 5.74) is 3.68. The number of rotatable bonds is 8. The highest BCUT2D eigenvalue weighted by Crippen LogP contribution is 2.52. The van der Waals surface area contributed by atoms with Crippen LogP contribution in [-0.2, 0) is 22.0 Å². The Kier molecular flexibility index (Phi) is 7.19. The monoisotopic (exact) mass is 563 g/mol. The average Bonchev–Trinajstić information content (AvgIpc) is 3.47. The number of esters is 1. The van der Waals surface area contributed by atoms with Crippen LogP contribution in [0.2, 0.25) is 0 Å². The van der Waals surface area contributed by atoms with Gasteiger partial charge in [0.25, 0.3) is 0 Å². The van der Waals surface area contributed by atoms with Crippen molar-refractivity contribution in [2.24, 2.45) is 7.05 Å². The summed E-state index contributed by atoms with van der Waals surface area (Å²) in [5.74, 6) is 0.0778. The Hall–Kier alpha value is -3.92. The van der Waals surface area contributed by atoms with E-state index in [2.05, 4.69) is 14.8 Å². The molecule has 2 aromatic carbocycles. The Balaban J connectivity index is 1.13. The van der Waals surface area contributed by atoms with E-state index < -0.39 is 24.2 Å². The zero-order chi connectivity index (χ0) is 28.6. The summed E-state index contributed by atoms with van der Waals surface area (Å²) in [6.07, 6.45) is -0.955. The molecular weight excluding hydrogens is 531 g/mol. The predicted octanol–water partition coefficient (Wildman–Crippen LogP) is 5.33. The lowest BCUT2D eigenvalue weighted by Crippen LogP contribution is -2.47. The summed E-state index contributed by atoms with van der Waals surface area (Å²) in [6, 6.07) is 18.8. The summed E-state index contributed by atoms with van der Waals surface area (Å²) in [6.45, 7) is 2.68. The van der Waals surface area contributed by atoms with E-state index in [1.165, 1.54) is 0 Å². The van der Waals surface area contributed by atoms with Crippen LogP contribution in [0.25, 0.3) is 22.3 Å². The molecule has 10 heteroatoms. The molecule has 0 radical (unpaired) electrons. The number of anilines is 1. The summed E-state index contributed by atoms with van der Waals surface area (Å²) in [7, 11) is 1.99. The number of nitrogens with zero attached hydrogens (tertiary/aromatic N) is 5. The second-order valence-electron chi connectivity index (χ2n) is 10.8. The van der Waals surface area contributed by atoms with Crippen LogP contribution >= 0.6 is 0 Å². The topological polar surface area (TPSA) is 63.5 Å². The predicted molar refractivity (Wildman–Crippen MR) is 151 cm³/mol. The fourth-order valence-corrected chi connectivity index (χ4v) is 6.38. The first-order chi connectivity index (χ1) is 19.8. The highest BCUT2D eigenvalue weighted by Gasteiger charge is 2.50. The Morgan fingerprint density at radius 3 is 2.22 bits per heavy atom. The Morgan fingerprint density at radius 1 is 0.927 bits per heavy atom. The second-order valence-corrected chi connectivity index (χ2v) is 10.8. The van der Waals surface area contributed by atoms with Crippen molar-refractivity contribution in [3.8, 4) is 11.1 Å². The number of imidazole rings is 1. The van der Waals surface area contributed by atoms with E-state index in [0.717, 1.165) is 78.5 Å². The molecule has 0 saturated carbocycles. The Morgan fingerprint density at radius 2 is 1.59 bits per heavy atom. The first kappa shape index (κ1) is 27.3. The van der Waals surface area contributed by atoms with Crippen LogP contribution < -0.4 is 4.90 Å². The summed E-state index contributed by atoms with van der Waals surface area (Å²) >= 11 is 0. The molecule has 4 aromatic rings. The molecule has 0 unspecified atom stereocenters. The van der Waals surface area contributed by atoms with Crippen LogP contribution in [0, 0.1) is 0 Å². The van der Waals surface area contributed by atoms with E-state index in [0.29, 0.717) is 12.8 Å². The van der Waals surface area contributed by atoms with Gasteiger partial charge in [0.1, 0.15) is 10.9 Å². The molecule has 41 heavy (non-hydrogen) atoms. The van der Waals surface area contributed by atoms with Gasteiger partial charge in [-0.25, -0.2) is 9.97 Å². The van der Waals surface area contributed by atoms with Crippen molar-refractivity contribution in [3.05, 3.63) is 78.0 Å². The van der Waals surface area contributed by atoms with Gasteiger partial charge in [0.15, 0.2) is 12.3 Å². The number of aryl methyl sites for hydroxylation is 1. The number of carbonyl (C=O) groups is 1. The van der Waals surface area contributed by atoms with Crippen molar-refractivity contribution < 1.29 is 22.7 Å². The lowest BCUT2D eigenvalue weighted by Gasteiger charge is -2.35. The molecule has 1 aliphatic carbocycles. The Bertz CT molecular complexity index is 1510. The third-order valence-corrected chi connectivity index (χ3v) is 8.31. The quantitative estimate of drug-likeness (QED) is 0.213. The number of alkyl halides is 3. The molecule has 0 N–H and O–H groups in total. The number of fused-ring (bicyclic) bond motifs is 4. The molecule has 0 spiro atoms. The number of carbonyl (C=O) groups excluding carboxylic acids is 1. The third-order valence-electron chi connectivity index (χ3n) is 8.31. The van der Waals surface area contributed by atoms with Gasteiger partial charge in [0, 0.05) is 39.4 Å². The molecule has 1 fully saturated rings. The molecule has 214 valence electrons. The van der Waals surface area contributed by atoms with Crippen molar-refractivity contribution in [3.63, 3.8) is 0 Å². The lowest BCUT2D eigenvalue weighted by molar-refractivity contribution is -0.189. The number of hydrogen-bond donors (Lipinski definition) is 0. The molecule has 0 atom stereocenters. The molecule has 0 amide bonds. The van der Waals surface area contributed by atoms with Crippen LogP contribution in [0.5, 0.6) is 0 Å². The van der Waals surface area contributed by atoms with E-state index in [1.807, 2.05) is 72.3 Å². The van der Waals surface area contributed by atoms with Crippen LogP contribution in [0.3, 0.4) is 0 Å². The highest BCUT2D eigenvalue weighted by atomic mass is 19.4. The summed E-state index contributed by atoms with van der Waals surface area (Å²) in [5, 5.41) is 0. The number of piperazine rings is 1. The van der Waals surface area contributed by atoms with E-state index in [4.69, 9.17) is 9.72 Å². The molecule has 6 rings (SSSR count). The minimum Gasteiger partial charge on any atom is -0.455 e. The van der Waals surface area contributed by atoms with Crippen molar-refractivity contribution in [2.45, 2.75) is 30.9 Å². The second kappa shape index (κ2) is 10.8. The van der Waals surface area contributed by atoms with Crippen molar-refractivity contribution >= 4 is 23.1 Å². The lowest BCUT2D eigenvalue weighted by atomic mass is 9.74. The molecule has 7 nitrogen and oxygen atoms in total. The van der Waals surface area contributed by atoms with E-state index in [9.17, 15) is 18.0 Å². The highest BCUT2D eigenvalue weighted by molar-refractivity contribution is 5.98. The summed E-state index contributed by atoms with van der Waals surface area (Å²) in [4.78, 5) is 27.4. The van der Waals surface area contributed by atoms with Crippen LogP contribution in [0.1, 0.15) is 30.4 Å². The fourth-order valence-electron chi connectivity index (χ4n) is 6.38. The van der Waals surface area contributed by atoms with Gasteiger partial charge in [-0.1, -0.05) is 55.0 Å². The number of ether oxygens (including phenoxy) is 1. The largest absolute Gasteiger partial charge is 0.455 e. The average molecular weight is 564 g/mol. The molecule has 2 aromatic heterocycles. The van der Waals surface area contributed by atoms with Gasteiger partial charge < -0.3 is 9.64 Å². The van der Waals surface area contributed by atoms with Crippen LogP contribution in [-0.4, -0.2) is 70.9 Å². The van der Waals surface area contributed by atoms with Crippen molar-refractivity contribution in [2.75, 3.05) is 44.2 Å². The third kappa shape index (κ3) is 5.05. The minimum absolute atomic E-state index is 0.380. The number of benzene rings is 2. The smallest absolute Gasteiger partial charge is 0.422 e. The standard InChI is InChI=1S/C31H32F3N5O2/c1-37-27-26(13-8-15-35-27)36-29(37)39-19-17-38(18-20-39)16-7-6-14-30(28(40)41-21-31(32,33)34)24-11-4-2-9-22(24)23-10-3-5-12-25(23)30/h2-5,8-13,15H,6-7,14,16-21H2,1H3. The minimum atomic E-state index is -4.59. The molecule has 2 aliphatic rings. The van der Waals surface area contributed by atoms with Gasteiger partial charge in [-0.05, 0) is 53.8 Å². The zero-order valence-corrected chi connectivity index (χ0v) is 22.9. The molecule has 1 saturated heterocycles. The van der Waals surface area contributed by atoms with Gasteiger partial charge in [-0.2, -0.15) is 13.2 Å². The molecule has 1 aliphatic heterocycles. The fraction of sp³-hybridized carbons (Fsp3) is 0.387. The maximum Gasteiger partial charge on any atom is 0.422 e. The molecule has 0 bridgehead atoms. The first-order valence-corrected chi connectivity index (χ1v) is 14.0. The number of halogens is 3. The van der Waals surface area contributed by atoms with Crippen LogP contribution in [0.4, 0.5) is 19.1 Å². The maximum absolute atomic E-state index is 13.5. The number of aromatic nitrogens is 3. The first-order valence-electron chi connectivity index (χ1n) is 14.0. The SMILES string of the molecule is Cn1c(N2CCN(CCCCC3(C(=O)OCC(F)(F)F)c4ccccc4-c4ccccc43)CC2)nc2cccnc21. The Labute approximate surface area is 236 Å². The number of unbranched alkanes of at least 4 members (excludes halogenated alkanes) is 1. The van der Waals surface area contributed by atoms with Gasteiger partial charge in [0.05, 0.1) is 0 Å². The number of hydrogen-bond acceptors (Lipinski definition) is 6.